The monoisotopic (exact) mass is 235 g/mol. The van der Waals surface area contributed by atoms with E-state index >= 15 is 0 Å². The lowest BCUT2D eigenvalue weighted by molar-refractivity contribution is 0.687. The third-order valence-corrected chi connectivity index (χ3v) is 3.04. The first-order valence-electron chi connectivity index (χ1n) is 5.13. The molecule has 0 saturated carbocycles. The van der Waals surface area contributed by atoms with E-state index in [0.29, 0.717) is 6.54 Å². The molecule has 0 aliphatic heterocycles. The lowest BCUT2D eigenvalue weighted by Gasteiger charge is -2.04. The van der Waals surface area contributed by atoms with E-state index in [0.717, 1.165) is 16.5 Å². The summed E-state index contributed by atoms with van der Waals surface area (Å²) >= 11 is 1.56. The van der Waals surface area contributed by atoms with Crippen molar-refractivity contribution in [2.45, 2.75) is 18.6 Å². The van der Waals surface area contributed by atoms with Crippen molar-refractivity contribution in [3.05, 3.63) is 46.4 Å². The molecule has 0 unspecified atom stereocenters. The first-order chi connectivity index (χ1) is 7.81. The largest absolute Gasteiger partial charge is 0.344 e. The zero-order chi connectivity index (χ0) is 11.4. The van der Waals surface area contributed by atoms with E-state index in [2.05, 4.69) is 10.2 Å². The minimum Gasteiger partial charge on any atom is -0.266 e. The average Bonchev–Trinajstić information content (AvgIpc) is 2.64. The van der Waals surface area contributed by atoms with Crippen molar-refractivity contribution in [3.63, 3.8) is 0 Å². The second kappa shape index (κ2) is 5.03. The van der Waals surface area contributed by atoms with Gasteiger partial charge in [0.2, 0.25) is 0 Å². The minimum atomic E-state index is -0.153. The minimum absolute atomic E-state index is 0.153. The van der Waals surface area contributed by atoms with Crippen LogP contribution >= 0.6 is 11.8 Å². The van der Waals surface area contributed by atoms with E-state index in [9.17, 15) is 4.79 Å². The van der Waals surface area contributed by atoms with E-state index in [4.69, 9.17) is 0 Å². The maximum atomic E-state index is 11.6. The van der Waals surface area contributed by atoms with E-state index in [-0.39, 0.29) is 5.69 Å². The number of nitrogens with zero attached hydrogens (tertiary/aromatic N) is 2. The van der Waals surface area contributed by atoms with Gasteiger partial charge in [-0.15, -0.1) is 5.10 Å². The van der Waals surface area contributed by atoms with Crippen LogP contribution in [0, 0.1) is 0 Å². The van der Waals surface area contributed by atoms with Crippen LogP contribution in [0.15, 0.2) is 40.3 Å². The van der Waals surface area contributed by atoms with Crippen LogP contribution in [0.1, 0.15) is 12.5 Å². The summed E-state index contributed by atoms with van der Waals surface area (Å²) in [5.41, 5.74) is 0.948. The Hall–Kier alpha value is -1.49. The van der Waals surface area contributed by atoms with Crippen molar-refractivity contribution in [2.24, 2.45) is 0 Å². The second-order valence-electron chi connectivity index (χ2n) is 3.32. The maximum Gasteiger partial charge on any atom is 0.344 e. The van der Waals surface area contributed by atoms with Crippen LogP contribution in [0.4, 0.5) is 0 Å². The molecule has 0 spiro atoms. The van der Waals surface area contributed by atoms with Crippen LogP contribution in [-0.2, 0) is 6.54 Å². The Labute approximate surface area is 97.7 Å². The Morgan fingerprint density at radius 3 is 2.81 bits per heavy atom. The molecule has 1 heterocycles. The summed E-state index contributed by atoms with van der Waals surface area (Å²) in [6.07, 6.45) is 0. The normalized spacial score (nSPS) is 10.6. The molecule has 1 aromatic carbocycles. The first-order valence-corrected chi connectivity index (χ1v) is 6.11. The molecule has 0 amide bonds. The number of nitrogens with one attached hydrogen (secondary N) is 1. The molecule has 0 fully saturated rings. The molecule has 0 atom stereocenters. The Balaban J connectivity index is 2.27. The maximum absolute atomic E-state index is 11.6. The molecule has 5 heteroatoms. The Morgan fingerprint density at radius 1 is 1.38 bits per heavy atom. The zero-order valence-corrected chi connectivity index (χ0v) is 9.83. The number of hydrogen-bond acceptors (Lipinski definition) is 3. The molecular formula is C11H13N3OS. The van der Waals surface area contributed by atoms with Gasteiger partial charge >= 0.3 is 5.69 Å². The van der Waals surface area contributed by atoms with Crippen molar-refractivity contribution in [3.8, 4) is 0 Å². The van der Waals surface area contributed by atoms with Gasteiger partial charge in [-0.25, -0.2) is 9.89 Å². The van der Waals surface area contributed by atoms with Crippen LogP contribution < -0.4 is 5.69 Å². The number of benzene rings is 1. The molecule has 2 aromatic rings. The summed E-state index contributed by atoms with van der Waals surface area (Å²) in [6, 6.07) is 9.89. The summed E-state index contributed by atoms with van der Waals surface area (Å²) in [7, 11) is 0. The third kappa shape index (κ3) is 2.36. The standard InChI is InChI=1S/C11H13N3OS/c1-2-16-11-13-12-10(15)14(11)8-9-6-4-3-5-7-9/h3-7H,2,8H2,1H3,(H,12,15). The quantitative estimate of drug-likeness (QED) is 0.821. The predicted octanol–water partition coefficient (Wildman–Crippen LogP) is 1.73. The summed E-state index contributed by atoms with van der Waals surface area (Å²) in [5, 5.41) is 7.22. The highest BCUT2D eigenvalue weighted by atomic mass is 32.2. The fraction of sp³-hybridized carbons (Fsp3) is 0.273. The van der Waals surface area contributed by atoms with E-state index in [1.54, 1.807) is 16.3 Å². The van der Waals surface area contributed by atoms with Crippen LogP contribution in [0.5, 0.6) is 0 Å². The van der Waals surface area contributed by atoms with Gasteiger partial charge in [0.05, 0.1) is 6.54 Å². The van der Waals surface area contributed by atoms with Crippen molar-refractivity contribution < 1.29 is 0 Å². The van der Waals surface area contributed by atoms with Crippen molar-refractivity contribution in [1.29, 1.82) is 0 Å². The number of H-pyrrole nitrogens is 1. The second-order valence-corrected chi connectivity index (χ2v) is 4.55. The highest BCUT2D eigenvalue weighted by Crippen LogP contribution is 2.13. The predicted molar refractivity (Wildman–Crippen MR) is 64.8 cm³/mol. The van der Waals surface area contributed by atoms with Crippen LogP contribution in [0.2, 0.25) is 0 Å². The molecule has 0 saturated heterocycles. The van der Waals surface area contributed by atoms with Gasteiger partial charge in [0, 0.05) is 0 Å². The molecule has 84 valence electrons. The molecule has 4 nitrogen and oxygen atoms in total. The van der Waals surface area contributed by atoms with Crippen LogP contribution in [0.25, 0.3) is 0 Å². The molecular weight excluding hydrogens is 222 g/mol. The summed E-state index contributed by atoms with van der Waals surface area (Å²) < 4.78 is 1.66. The summed E-state index contributed by atoms with van der Waals surface area (Å²) in [4.78, 5) is 11.6. The highest BCUT2D eigenvalue weighted by molar-refractivity contribution is 7.99. The third-order valence-electron chi connectivity index (χ3n) is 2.18. The summed E-state index contributed by atoms with van der Waals surface area (Å²) in [5.74, 6) is 0.902. The van der Waals surface area contributed by atoms with Gasteiger partial charge in [0.15, 0.2) is 5.16 Å². The molecule has 1 N–H and O–H groups in total. The molecule has 0 aliphatic carbocycles. The SMILES string of the molecule is CCSc1n[nH]c(=O)n1Cc1ccccc1. The van der Waals surface area contributed by atoms with Crippen molar-refractivity contribution in [2.75, 3.05) is 5.75 Å². The molecule has 16 heavy (non-hydrogen) atoms. The molecule has 2 rings (SSSR count). The number of rotatable bonds is 4. The van der Waals surface area contributed by atoms with Gasteiger partial charge in [0.1, 0.15) is 0 Å². The molecule has 0 aliphatic rings. The highest BCUT2D eigenvalue weighted by Gasteiger charge is 2.07. The van der Waals surface area contributed by atoms with Crippen molar-refractivity contribution >= 4 is 11.8 Å². The number of aromatic nitrogens is 3. The number of aromatic amines is 1. The number of hydrogen-bond donors (Lipinski definition) is 1. The Morgan fingerprint density at radius 2 is 2.12 bits per heavy atom. The van der Waals surface area contributed by atoms with Gasteiger partial charge in [-0.1, -0.05) is 49.0 Å². The van der Waals surface area contributed by atoms with Gasteiger partial charge in [-0.05, 0) is 11.3 Å². The van der Waals surface area contributed by atoms with Crippen LogP contribution in [0.3, 0.4) is 0 Å². The fourth-order valence-electron chi connectivity index (χ4n) is 1.45. The average molecular weight is 235 g/mol. The van der Waals surface area contributed by atoms with E-state index in [1.807, 2.05) is 37.3 Å². The van der Waals surface area contributed by atoms with E-state index < -0.39 is 0 Å². The van der Waals surface area contributed by atoms with Crippen molar-refractivity contribution in [1.82, 2.24) is 14.8 Å². The first kappa shape index (κ1) is 11.0. The molecule has 0 radical (unpaired) electrons. The van der Waals surface area contributed by atoms with Gasteiger partial charge < -0.3 is 0 Å². The molecule has 1 aromatic heterocycles. The Bertz CT molecular complexity index is 503. The lowest BCUT2D eigenvalue weighted by atomic mass is 10.2. The van der Waals surface area contributed by atoms with Gasteiger partial charge in [-0.3, -0.25) is 4.57 Å². The number of thioether (sulfide) groups is 1. The zero-order valence-electron chi connectivity index (χ0n) is 9.01. The topological polar surface area (TPSA) is 50.7 Å². The summed E-state index contributed by atoms with van der Waals surface area (Å²) in [6.45, 7) is 2.61. The lowest BCUT2D eigenvalue weighted by Crippen LogP contribution is -2.18. The Kier molecular flexibility index (Phi) is 3.46. The molecule has 0 bridgehead atoms. The van der Waals surface area contributed by atoms with E-state index in [1.165, 1.54) is 0 Å². The smallest absolute Gasteiger partial charge is 0.266 e. The van der Waals surface area contributed by atoms with Gasteiger partial charge in [-0.2, -0.15) is 0 Å². The van der Waals surface area contributed by atoms with Crippen LogP contribution in [-0.4, -0.2) is 20.5 Å². The fourth-order valence-corrected chi connectivity index (χ4v) is 2.12. The van der Waals surface area contributed by atoms with Gasteiger partial charge in [0.25, 0.3) is 0 Å².